The quantitative estimate of drug-likeness (QED) is 0.596. The van der Waals surface area contributed by atoms with Crippen molar-refractivity contribution in [3.8, 4) is 5.75 Å². The molecule has 3 aromatic rings. The number of benzene rings is 1. The topological polar surface area (TPSA) is 69.5 Å². The molecule has 0 N–H and O–H groups in total. The van der Waals surface area contributed by atoms with Crippen molar-refractivity contribution in [2.75, 3.05) is 20.2 Å². The van der Waals surface area contributed by atoms with Crippen LogP contribution in [0.25, 0.3) is 11.2 Å². The fraction of sp³-hybridized carbons (Fsp3) is 0.409. The molecule has 1 saturated heterocycles. The number of carbonyl (C=O) groups is 1. The summed E-state index contributed by atoms with van der Waals surface area (Å²) in [4.78, 5) is 24.0. The molecule has 4 rings (SSSR count). The molecule has 0 radical (unpaired) electrons. The van der Waals surface area contributed by atoms with Crippen LogP contribution in [0.1, 0.15) is 31.6 Å². The van der Waals surface area contributed by atoms with Gasteiger partial charge in [0.1, 0.15) is 23.7 Å². The molecule has 30 heavy (non-hydrogen) atoms. The zero-order valence-corrected chi connectivity index (χ0v) is 17.9. The van der Waals surface area contributed by atoms with Gasteiger partial charge in [-0.05, 0) is 50.1 Å². The molecule has 8 heteroatoms. The number of halogens is 1. The van der Waals surface area contributed by atoms with Gasteiger partial charge in [-0.3, -0.25) is 4.79 Å². The Morgan fingerprint density at radius 1 is 1.27 bits per heavy atom. The summed E-state index contributed by atoms with van der Waals surface area (Å²) in [5.74, 6) is 1.45. The number of fused-ring (bicyclic) bond motifs is 1. The van der Waals surface area contributed by atoms with E-state index >= 15 is 0 Å². The Hall–Kier alpha value is -2.64. The summed E-state index contributed by atoms with van der Waals surface area (Å²) < 4.78 is 13.3. The smallest absolute Gasteiger partial charge is 0.263 e. The van der Waals surface area contributed by atoms with Gasteiger partial charge in [0.25, 0.3) is 5.91 Å². The summed E-state index contributed by atoms with van der Waals surface area (Å²) >= 11 is 6.00. The van der Waals surface area contributed by atoms with Crippen LogP contribution in [-0.2, 0) is 16.1 Å². The molecule has 1 aromatic carbocycles. The zero-order chi connectivity index (χ0) is 21.1. The van der Waals surface area contributed by atoms with E-state index in [2.05, 4.69) is 14.5 Å². The number of hydrogen-bond donors (Lipinski definition) is 0. The van der Waals surface area contributed by atoms with Crippen LogP contribution < -0.4 is 4.74 Å². The van der Waals surface area contributed by atoms with Gasteiger partial charge in [-0.15, -0.1) is 0 Å². The van der Waals surface area contributed by atoms with Gasteiger partial charge in [0.05, 0.1) is 0 Å². The lowest BCUT2D eigenvalue weighted by molar-refractivity contribution is -0.139. The highest BCUT2D eigenvalue weighted by molar-refractivity contribution is 6.30. The Labute approximate surface area is 180 Å². The number of piperidine rings is 1. The number of aromatic nitrogens is 3. The number of ether oxygens (including phenoxy) is 2. The van der Waals surface area contributed by atoms with Gasteiger partial charge in [-0.25, -0.2) is 9.97 Å². The van der Waals surface area contributed by atoms with Crippen LogP contribution in [0.3, 0.4) is 0 Å². The number of imidazole rings is 1. The van der Waals surface area contributed by atoms with Gasteiger partial charge in [0.15, 0.2) is 11.8 Å². The number of pyridine rings is 1. The van der Waals surface area contributed by atoms with E-state index in [1.54, 1.807) is 44.5 Å². The second-order valence-electron chi connectivity index (χ2n) is 7.45. The largest absolute Gasteiger partial charge is 0.481 e. The average Bonchev–Trinajstić information content (AvgIpc) is 3.11. The monoisotopic (exact) mass is 428 g/mol. The standard InChI is InChI=1S/C22H25ClN4O3/c1-15(30-18-6-3-5-16(23)13-18)22(28)26-11-8-17(9-12-26)27-20(14-29-2)25-19-7-4-10-24-21(19)27/h3-7,10,13,15,17H,8-9,11-12,14H2,1-2H3. The molecule has 0 spiro atoms. The van der Waals surface area contributed by atoms with E-state index in [4.69, 9.17) is 21.1 Å². The van der Waals surface area contributed by atoms with E-state index in [9.17, 15) is 4.79 Å². The first-order valence-corrected chi connectivity index (χ1v) is 10.5. The maximum atomic E-state index is 12.9. The number of carbonyl (C=O) groups excluding carboxylic acids is 1. The number of nitrogens with zero attached hydrogens (tertiary/aromatic N) is 4. The minimum absolute atomic E-state index is 0.0147. The van der Waals surface area contributed by atoms with Crippen molar-refractivity contribution in [1.29, 1.82) is 0 Å². The maximum Gasteiger partial charge on any atom is 0.263 e. The van der Waals surface area contributed by atoms with Crippen molar-refractivity contribution in [3.63, 3.8) is 0 Å². The van der Waals surface area contributed by atoms with Crippen molar-refractivity contribution >= 4 is 28.7 Å². The number of amides is 1. The normalized spacial score (nSPS) is 16.0. The molecule has 2 aromatic heterocycles. The first kappa shape index (κ1) is 20.6. The molecule has 1 atom stereocenters. The van der Waals surface area contributed by atoms with Crippen molar-refractivity contribution in [2.45, 2.75) is 38.5 Å². The van der Waals surface area contributed by atoms with Crippen LogP contribution in [0.5, 0.6) is 5.75 Å². The molecule has 3 heterocycles. The number of methoxy groups -OCH3 is 1. The molecule has 1 unspecified atom stereocenters. The average molecular weight is 429 g/mol. The van der Waals surface area contributed by atoms with E-state index < -0.39 is 6.10 Å². The van der Waals surface area contributed by atoms with Gasteiger partial charge in [-0.1, -0.05) is 17.7 Å². The highest BCUT2D eigenvalue weighted by Crippen LogP contribution is 2.29. The summed E-state index contributed by atoms with van der Waals surface area (Å²) in [6.07, 6.45) is 2.87. The van der Waals surface area contributed by atoms with Crippen LogP contribution >= 0.6 is 11.6 Å². The third-order valence-electron chi connectivity index (χ3n) is 5.39. The van der Waals surface area contributed by atoms with Gasteiger partial charge >= 0.3 is 0 Å². The third kappa shape index (κ3) is 4.27. The van der Waals surface area contributed by atoms with E-state index in [-0.39, 0.29) is 11.9 Å². The van der Waals surface area contributed by atoms with Crippen molar-refractivity contribution in [2.24, 2.45) is 0 Å². The number of likely N-dealkylation sites (tertiary alicyclic amines) is 1. The van der Waals surface area contributed by atoms with Crippen LogP contribution in [0.4, 0.5) is 0 Å². The van der Waals surface area contributed by atoms with Crippen LogP contribution in [0, 0.1) is 0 Å². The lowest BCUT2D eigenvalue weighted by Gasteiger charge is -2.34. The maximum absolute atomic E-state index is 12.9. The highest BCUT2D eigenvalue weighted by Gasteiger charge is 2.29. The Bertz CT molecular complexity index is 1030. The Balaban J connectivity index is 1.43. The molecule has 1 fully saturated rings. The fourth-order valence-electron chi connectivity index (χ4n) is 3.99. The molecular weight excluding hydrogens is 404 g/mol. The van der Waals surface area contributed by atoms with E-state index in [1.807, 2.05) is 17.0 Å². The summed E-state index contributed by atoms with van der Waals surface area (Å²) in [6, 6.07) is 11.2. The molecule has 0 saturated carbocycles. The third-order valence-corrected chi connectivity index (χ3v) is 5.63. The van der Waals surface area contributed by atoms with Crippen LogP contribution in [0.2, 0.25) is 5.02 Å². The number of rotatable bonds is 6. The molecule has 7 nitrogen and oxygen atoms in total. The molecule has 158 valence electrons. The van der Waals surface area contributed by atoms with Gasteiger partial charge in [0, 0.05) is 37.5 Å². The van der Waals surface area contributed by atoms with Crippen LogP contribution in [-0.4, -0.2) is 51.6 Å². The summed E-state index contributed by atoms with van der Waals surface area (Å²) in [5.41, 5.74) is 1.73. The van der Waals surface area contributed by atoms with E-state index in [0.29, 0.717) is 30.5 Å². The molecule has 0 aliphatic carbocycles. The fourth-order valence-corrected chi connectivity index (χ4v) is 4.17. The summed E-state index contributed by atoms with van der Waals surface area (Å²) in [6.45, 7) is 3.52. The predicted octanol–water partition coefficient (Wildman–Crippen LogP) is 3.86. The minimum Gasteiger partial charge on any atom is -0.481 e. The van der Waals surface area contributed by atoms with Crippen LogP contribution in [0.15, 0.2) is 42.6 Å². The second kappa shape index (κ2) is 9.02. The number of hydrogen-bond acceptors (Lipinski definition) is 5. The Morgan fingerprint density at radius 3 is 2.80 bits per heavy atom. The van der Waals surface area contributed by atoms with E-state index in [1.165, 1.54) is 0 Å². The summed E-state index contributed by atoms with van der Waals surface area (Å²) in [7, 11) is 1.67. The molecule has 1 aliphatic rings. The van der Waals surface area contributed by atoms with Gasteiger partial charge in [-0.2, -0.15) is 0 Å². The molecule has 1 aliphatic heterocycles. The van der Waals surface area contributed by atoms with Gasteiger partial charge < -0.3 is 18.9 Å². The van der Waals surface area contributed by atoms with Crippen molar-refractivity contribution in [3.05, 3.63) is 53.4 Å². The predicted molar refractivity (Wildman–Crippen MR) is 115 cm³/mol. The SMILES string of the molecule is COCc1nc2cccnc2n1C1CCN(C(=O)C(C)Oc2cccc(Cl)c2)CC1. The lowest BCUT2D eigenvalue weighted by atomic mass is 10.0. The highest BCUT2D eigenvalue weighted by atomic mass is 35.5. The van der Waals surface area contributed by atoms with Crippen molar-refractivity contribution < 1.29 is 14.3 Å². The van der Waals surface area contributed by atoms with Gasteiger partial charge in [0.2, 0.25) is 0 Å². The molecule has 1 amide bonds. The van der Waals surface area contributed by atoms with Crippen molar-refractivity contribution in [1.82, 2.24) is 19.4 Å². The lowest BCUT2D eigenvalue weighted by Crippen LogP contribution is -2.45. The first-order chi connectivity index (χ1) is 14.6. The zero-order valence-electron chi connectivity index (χ0n) is 17.1. The minimum atomic E-state index is -0.570. The molecule has 0 bridgehead atoms. The summed E-state index contributed by atoms with van der Waals surface area (Å²) in [5, 5.41) is 0.584. The Morgan fingerprint density at radius 2 is 2.07 bits per heavy atom. The Kier molecular flexibility index (Phi) is 6.20. The van der Waals surface area contributed by atoms with E-state index in [0.717, 1.165) is 29.8 Å². The molecular formula is C22H25ClN4O3. The first-order valence-electron chi connectivity index (χ1n) is 10.1. The second-order valence-corrected chi connectivity index (χ2v) is 7.89.